The number of aromatic amines is 1. The average molecular weight is 621 g/mol. The van der Waals surface area contributed by atoms with Crippen LogP contribution in [0, 0.1) is 11.7 Å². The molecule has 3 atom stereocenters. The molecule has 0 bridgehead atoms. The maximum Gasteiger partial charge on any atom is 0.414 e. The van der Waals surface area contributed by atoms with Crippen molar-refractivity contribution in [2.24, 2.45) is 5.92 Å². The van der Waals surface area contributed by atoms with Gasteiger partial charge in [0.05, 0.1) is 36.7 Å². The molecule has 2 aliphatic rings. The molecule has 0 saturated carbocycles. The van der Waals surface area contributed by atoms with Crippen LogP contribution in [0.25, 0.3) is 22.4 Å². The Kier molecular flexibility index (Phi) is 9.07. The fourth-order valence-corrected chi connectivity index (χ4v) is 6.02. The van der Waals surface area contributed by atoms with Crippen LogP contribution in [0.1, 0.15) is 45.5 Å². The minimum absolute atomic E-state index is 0.0157. The molecular weight excluding hydrogens is 583 g/mol. The molecule has 2 fully saturated rings. The largest absolute Gasteiger partial charge is 0.465 e. The number of cyclic esters (lactones) is 1. The summed E-state index contributed by atoms with van der Waals surface area (Å²) in [6, 6.07) is 10.9. The van der Waals surface area contributed by atoms with Gasteiger partial charge in [-0.3, -0.25) is 19.4 Å². The van der Waals surface area contributed by atoms with Crippen LogP contribution >= 0.6 is 0 Å². The zero-order valence-electron chi connectivity index (χ0n) is 25.6. The summed E-state index contributed by atoms with van der Waals surface area (Å²) >= 11 is 0. The summed E-state index contributed by atoms with van der Waals surface area (Å²) in [6.07, 6.45) is 0.945. The predicted molar refractivity (Wildman–Crippen MR) is 164 cm³/mol. The summed E-state index contributed by atoms with van der Waals surface area (Å²) in [5.41, 5.74) is 2.99. The zero-order valence-corrected chi connectivity index (χ0v) is 25.6. The number of imidazole rings is 1. The van der Waals surface area contributed by atoms with E-state index in [-0.39, 0.29) is 31.0 Å². The molecule has 1 aromatic heterocycles. The highest BCUT2D eigenvalue weighted by Crippen LogP contribution is 2.33. The molecule has 3 heterocycles. The molecule has 13 heteroatoms. The van der Waals surface area contributed by atoms with Gasteiger partial charge in [0.2, 0.25) is 11.8 Å². The minimum atomic E-state index is -1.22. The Labute approximate surface area is 260 Å². The van der Waals surface area contributed by atoms with E-state index in [0.717, 1.165) is 41.4 Å². The van der Waals surface area contributed by atoms with Gasteiger partial charge in [-0.05, 0) is 48.1 Å². The number of aromatic nitrogens is 2. The second kappa shape index (κ2) is 13.0. The molecule has 238 valence electrons. The first kappa shape index (κ1) is 31.5. The summed E-state index contributed by atoms with van der Waals surface area (Å²) < 4.78 is 20.7. The number of hydrogen-bond acceptors (Lipinski definition) is 6. The third-order valence-corrected chi connectivity index (χ3v) is 8.34. The lowest BCUT2D eigenvalue weighted by atomic mass is 10.0. The highest BCUT2D eigenvalue weighted by molar-refractivity contribution is 5.90. The topological polar surface area (TPSA) is 148 Å². The van der Waals surface area contributed by atoms with Crippen molar-refractivity contribution in [2.75, 3.05) is 31.6 Å². The minimum Gasteiger partial charge on any atom is -0.465 e. The number of benzene rings is 2. The van der Waals surface area contributed by atoms with E-state index in [4.69, 9.17) is 4.74 Å². The number of carboxylic acid groups (broad SMARTS) is 1. The van der Waals surface area contributed by atoms with Gasteiger partial charge in [-0.15, -0.1) is 0 Å². The fraction of sp³-hybridized carbons (Fsp3) is 0.406. The fourth-order valence-electron chi connectivity index (χ4n) is 6.02. The van der Waals surface area contributed by atoms with E-state index in [1.54, 1.807) is 51.2 Å². The molecule has 2 aliphatic heterocycles. The second-order valence-electron chi connectivity index (χ2n) is 11.7. The highest BCUT2D eigenvalue weighted by atomic mass is 19.1. The number of nitrogens with one attached hydrogen (secondary N) is 2. The Balaban J connectivity index is 1.22. The Bertz CT molecular complexity index is 1590. The van der Waals surface area contributed by atoms with Crippen LogP contribution in [-0.2, 0) is 14.3 Å². The van der Waals surface area contributed by atoms with Crippen molar-refractivity contribution in [3.63, 3.8) is 0 Å². The Morgan fingerprint density at radius 3 is 2.53 bits per heavy atom. The molecule has 3 aromatic rings. The van der Waals surface area contributed by atoms with Crippen LogP contribution < -0.4 is 10.2 Å². The number of H-pyrrole nitrogens is 1. The Morgan fingerprint density at radius 2 is 1.89 bits per heavy atom. The van der Waals surface area contributed by atoms with Gasteiger partial charge in [0.25, 0.3) is 0 Å². The van der Waals surface area contributed by atoms with E-state index in [2.05, 4.69) is 15.3 Å². The maximum absolute atomic E-state index is 15.3. The van der Waals surface area contributed by atoms with Gasteiger partial charge in [0.1, 0.15) is 23.8 Å². The monoisotopic (exact) mass is 620 g/mol. The van der Waals surface area contributed by atoms with Gasteiger partial charge in [-0.1, -0.05) is 38.1 Å². The summed E-state index contributed by atoms with van der Waals surface area (Å²) in [5, 5.41) is 12.0. The number of halogens is 1. The van der Waals surface area contributed by atoms with E-state index in [1.807, 2.05) is 17.0 Å². The number of hydrogen-bond donors (Lipinski definition) is 3. The van der Waals surface area contributed by atoms with E-state index < -0.39 is 36.1 Å². The molecular formula is C32H37FN6O6. The first-order chi connectivity index (χ1) is 21.4. The number of ether oxygens (including phenoxy) is 1. The van der Waals surface area contributed by atoms with Gasteiger partial charge < -0.3 is 25.0 Å². The SMILES string of the molecule is CC(=O)N1CCC[C@H]1c1ncc(-c2ccc(-c3ccc(N4C[C@H](CNC(=O)[C@H](C(C)C)N(C)C(=O)O)OC4=O)cc3F)cc2)[nH]1. The van der Waals surface area contributed by atoms with Crippen molar-refractivity contribution >= 4 is 29.7 Å². The van der Waals surface area contributed by atoms with Crippen molar-refractivity contribution in [1.82, 2.24) is 25.1 Å². The molecule has 4 amide bonds. The van der Waals surface area contributed by atoms with Crippen molar-refractivity contribution in [3.05, 3.63) is 60.3 Å². The molecule has 0 unspecified atom stereocenters. The first-order valence-electron chi connectivity index (χ1n) is 14.9. The normalized spacial score (nSPS) is 18.7. The number of carbonyl (C=O) groups excluding carboxylic acids is 3. The molecule has 2 aromatic carbocycles. The van der Waals surface area contributed by atoms with Gasteiger partial charge in [0.15, 0.2) is 0 Å². The van der Waals surface area contributed by atoms with Gasteiger partial charge in [-0.2, -0.15) is 0 Å². The number of carbonyl (C=O) groups is 4. The number of nitrogens with zero attached hydrogens (tertiary/aromatic N) is 4. The number of amides is 4. The summed E-state index contributed by atoms with van der Waals surface area (Å²) in [6.45, 7) is 5.84. The lowest BCUT2D eigenvalue weighted by Gasteiger charge is -2.28. The standard InChI is InChI=1S/C32H37FN6O6/c1-18(2)28(37(4)31(42)43)30(41)35-15-23-17-39(32(44)45-23)22-11-12-24(25(33)14-22)20-7-9-21(10-8-20)26-16-34-29(36-26)27-6-5-13-38(27)19(3)40/h7-12,14,16,18,23,27-28H,5-6,13,15,17H2,1-4H3,(H,34,36)(H,35,41)(H,42,43)/t23-,27-,28-/m0/s1. The van der Waals surface area contributed by atoms with E-state index >= 15 is 4.39 Å². The van der Waals surface area contributed by atoms with Gasteiger partial charge in [0, 0.05) is 26.1 Å². The lowest BCUT2D eigenvalue weighted by Crippen LogP contribution is -2.51. The van der Waals surface area contributed by atoms with Gasteiger partial charge in [-0.25, -0.2) is 19.0 Å². The van der Waals surface area contributed by atoms with Crippen molar-refractivity contribution in [2.45, 2.75) is 51.8 Å². The van der Waals surface area contributed by atoms with Crippen LogP contribution in [0.5, 0.6) is 0 Å². The summed E-state index contributed by atoms with van der Waals surface area (Å²) in [5.74, 6) is -0.505. The average Bonchev–Trinajstić information content (AvgIpc) is 3.76. The van der Waals surface area contributed by atoms with Crippen molar-refractivity contribution in [3.8, 4) is 22.4 Å². The number of rotatable bonds is 9. The summed E-state index contributed by atoms with van der Waals surface area (Å²) in [4.78, 5) is 60.5. The molecule has 0 radical (unpaired) electrons. The molecule has 5 rings (SSSR count). The molecule has 3 N–H and O–H groups in total. The van der Waals surface area contributed by atoms with Crippen LogP contribution in [-0.4, -0.2) is 87.7 Å². The molecule has 0 spiro atoms. The van der Waals surface area contributed by atoms with E-state index in [1.165, 1.54) is 18.0 Å². The van der Waals surface area contributed by atoms with E-state index in [0.29, 0.717) is 16.8 Å². The number of likely N-dealkylation sites (N-methyl/N-ethyl adjacent to an activating group) is 1. The lowest BCUT2D eigenvalue weighted by molar-refractivity contribution is -0.130. The molecule has 12 nitrogen and oxygen atoms in total. The zero-order chi connectivity index (χ0) is 32.4. The highest BCUT2D eigenvalue weighted by Gasteiger charge is 2.35. The maximum atomic E-state index is 15.3. The van der Waals surface area contributed by atoms with Crippen LogP contribution in [0.3, 0.4) is 0 Å². The molecule has 0 aliphatic carbocycles. The van der Waals surface area contributed by atoms with Crippen LogP contribution in [0.15, 0.2) is 48.7 Å². The van der Waals surface area contributed by atoms with Crippen molar-refractivity contribution < 1.29 is 33.4 Å². The molecule has 45 heavy (non-hydrogen) atoms. The van der Waals surface area contributed by atoms with Crippen LogP contribution in [0.4, 0.5) is 19.7 Å². The smallest absolute Gasteiger partial charge is 0.414 e. The van der Waals surface area contributed by atoms with Gasteiger partial charge >= 0.3 is 12.2 Å². The van der Waals surface area contributed by atoms with E-state index in [9.17, 15) is 24.3 Å². The quantitative estimate of drug-likeness (QED) is 0.316. The van der Waals surface area contributed by atoms with Crippen LogP contribution in [0.2, 0.25) is 0 Å². The van der Waals surface area contributed by atoms with Crippen molar-refractivity contribution in [1.29, 1.82) is 0 Å². The third-order valence-electron chi connectivity index (χ3n) is 8.34. The summed E-state index contributed by atoms with van der Waals surface area (Å²) in [7, 11) is 1.33. The first-order valence-corrected chi connectivity index (χ1v) is 14.9. The second-order valence-corrected chi connectivity index (χ2v) is 11.7. The number of likely N-dealkylation sites (tertiary alicyclic amines) is 1. The Morgan fingerprint density at radius 1 is 1.18 bits per heavy atom. The predicted octanol–water partition coefficient (Wildman–Crippen LogP) is 4.64. The molecule has 2 saturated heterocycles. The Hall–Kier alpha value is -4.94. The number of anilines is 1. The third kappa shape index (κ3) is 6.61.